The zero-order chi connectivity index (χ0) is 33.9. The molecule has 0 spiro atoms. The topological polar surface area (TPSA) is 56.8 Å². The number of benzene rings is 3. The number of aromatic amines is 2. The number of fused-ring (bicyclic) bond motifs is 3. The molecule has 2 aromatic heterocycles. The Morgan fingerprint density at radius 3 is 1.80 bits per heavy atom. The highest BCUT2D eigenvalue weighted by Gasteiger charge is 2.20. The van der Waals surface area contributed by atoms with Crippen LogP contribution in [0.25, 0.3) is 21.9 Å². The fourth-order valence-electron chi connectivity index (χ4n) is 5.52. The van der Waals surface area contributed by atoms with Crippen molar-refractivity contribution in [3.63, 3.8) is 0 Å². The lowest BCUT2D eigenvalue weighted by molar-refractivity contribution is 0.590. The van der Waals surface area contributed by atoms with E-state index in [0.29, 0.717) is 29.6 Å². The summed E-state index contributed by atoms with van der Waals surface area (Å²) in [6, 6.07) is 22.2. The Labute approximate surface area is 278 Å². The van der Waals surface area contributed by atoms with Gasteiger partial charge in [-0.05, 0) is 87.1 Å². The third-order valence-corrected chi connectivity index (χ3v) is 8.95. The largest absolute Gasteiger partial charge is 0.358 e. The van der Waals surface area contributed by atoms with Crippen LogP contribution in [-0.4, -0.2) is 20.7 Å². The zero-order valence-electron chi connectivity index (χ0n) is 30.8. The van der Waals surface area contributed by atoms with Crippen LogP contribution in [0.5, 0.6) is 0 Å². The van der Waals surface area contributed by atoms with E-state index in [4.69, 9.17) is 4.99 Å². The molecule has 0 amide bonds. The fraction of sp³-hybridized carbons (Fsp3) is 0.476. The lowest BCUT2D eigenvalue weighted by Gasteiger charge is -2.19. The normalized spacial score (nSPS) is 13.0. The number of rotatable bonds is 5. The number of H-pyrrole nitrogens is 2. The van der Waals surface area contributed by atoms with Gasteiger partial charge in [0.25, 0.3) is 0 Å². The summed E-state index contributed by atoms with van der Waals surface area (Å²) in [5.41, 5.74) is 13.1. The van der Waals surface area contributed by atoms with E-state index in [9.17, 15) is 0 Å². The number of aliphatic imine (C=N–C) groups is 1. The summed E-state index contributed by atoms with van der Waals surface area (Å²) >= 11 is 0. The molecule has 3 heterocycles. The van der Waals surface area contributed by atoms with Gasteiger partial charge in [0.1, 0.15) is 5.82 Å². The molecule has 0 fully saturated rings. The van der Waals surface area contributed by atoms with Crippen molar-refractivity contribution in [3.05, 3.63) is 94.4 Å². The third kappa shape index (κ3) is 8.57. The molecule has 0 unspecified atom stereocenters. The predicted molar refractivity (Wildman–Crippen MR) is 202 cm³/mol. The monoisotopic (exact) mass is 618 g/mol. The molecular weight excluding hydrogens is 560 g/mol. The summed E-state index contributed by atoms with van der Waals surface area (Å²) in [4.78, 5) is 16.2. The molecular formula is C42H58N4. The van der Waals surface area contributed by atoms with Crippen LogP contribution in [0.2, 0.25) is 0 Å². The highest BCUT2D eigenvalue weighted by molar-refractivity contribution is 5.95. The standard InChI is InChI=1S/C15H21N.C14H19N.C13H18N2/c1-10(2)13-8-11-6-7-12(15(3,4)5)9-14(11)16-13;1-9(2)11-5-6-12-8-13(10(3)4)15-14(12)7-11;1-8(2)10-5-6-11-12(7-10)15-13(14-11)9(3)4/h6-7,9-10H,8H2,1-5H3;5-10,15H,1-4H3;5-9H,1-4H3,(H,14,15). The minimum Gasteiger partial charge on any atom is -0.358 e. The van der Waals surface area contributed by atoms with Gasteiger partial charge in [-0.25, -0.2) is 4.98 Å². The molecule has 0 atom stereocenters. The molecule has 3 aromatic carbocycles. The summed E-state index contributed by atoms with van der Waals surface area (Å²) in [6.45, 7) is 28.8. The maximum absolute atomic E-state index is 4.74. The Hall–Kier alpha value is -3.66. The first kappa shape index (κ1) is 35.2. The van der Waals surface area contributed by atoms with E-state index in [1.165, 1.54) is 50.2 Å². The van der Waals surface area contributed by atoms with E-state index in [0.717, 1.165) is 23.3 Å². The number of imidazole rings is 1. The maximum atomic E-state index is 4.74. The molecule has 2 N–H and O–H groups in total. The number of nitrogens with one attached hydrogen (secondary N) is 2. The zero-order valence-corrected chi connectivity index (χ0v) is 30.8. The lowest BCUT2D eigenvalue weighted by atomic mass is 9.86. The van der Waals surface area contributed by atoms with Gasteiger partial charge in [0.05, 0.1) is 16.7 Å². The molecule has 6 rings (SSSR count). The highest BCUT2D eigenvalue weighted by atomic mass is 14.9. The van der Waals surface area contributed by atoms with Gasteiger partial charge in [-0.2, -0.15) is 0 Å². The number of aromatic nitrogens is 3. The van der Waals surface area contributed by atoms with Crippen molar-refractivity contribution < 1.29 is 0 Å². The van der Waals surface area contributed by atoms with Gasteiger partial charge in [0, 0.05) is 29.3 Å². The van der Waals surface area contributed by atoms with Crippen LogP contribution < -0.4 is 0 Å². The molecule has 0 saturated heterocycles. The predicted octanol–water partition coefficient (Wildman–Crippen LogP) is 12.5. The van der Waals surface area contributed by atoms with Crippen molar-refractivity contribution in [2.75, 3.05) is 0 Å². The molecule has 246 valence electrons. The SMILES string of the molecule is CC(C)C1=Nc2cc(C(C)(C)C)ccc2C1.CC(C)c1ccc2cc(C(C)C)[nH]c2c1.CC(C)c1ccc2nc(C(C)C)[nH]c2c1. The van der Waals surface area contributed by atoms with Crippen molar-refractivity contribution in [3.8, 4) is 0 Å². The van der Waals surface area contributed by atoms with Gasteiger partial charge in [-0.15, -0.1) is 0 Å². The van der Waals surface area contributed by atoms with Crippen molar-refractivity contribution in [2.45, 2.75) is 126 Å². The Balaban J connectivity index is 0.000000157. The first-order valence-corrected chi connectivity index (χ1v) is 17.4. The minimum atomic E-state index is 0.213. The number of hydrogen-bond donors (Lipinski definition) is 2. The van der Waals surface area contributed by atoms with Crippen molar-refractivity contribution >= 4 is 33.3 Å². The van der Waals surface area contributed by atoms with Gasteiger partial charge in [0.2, 0.25) is 0 Å². The van der Waals surface area contributed by atoms with Crippen LogP contribution in [0, 0.1) is 5.92 Å². The Morgan fingerprint density at radius 2 is 1.24 bits per heavy atom. The average molecular weight is 619 g/mol. The quantitative estimate of drug-likeness (QED) is 0.202. The molecule has 0 bridgehead atoms. The summed E-state index contributed by atoms with van der Waals surface area (Å²) in [5, 5.41) is 1.32. The summed E-state index contributed by atoms with van der Waals surface area (Å²) in [7, 11) is 0. The van der Waals surface area contributed by atoms with Crippen LogP contribution in [0.3, 0.4) is 0 Å². The summed E-state index contributed by atoms with van der Waals surface area (Å²) in [5.74, 6) is 3.83. The van der Waals surface area contributed by atoms with Gasteiger partial charge in [-0.1, -0.05) is 120 Å². The van der Waals surface area contributed by atoms with Crippen LogP contribution >= 0.6 is 0 Å². The van der Waals surface area contributed by atoms with Gasteiger partial charge < -0.3 is 9.97 Å². The first-order valence-electron chi connectivity index (χ1n) is 17.4. The van der Waals surface area contributed by atoms with E-state index in [1.807, 2.05) is 0 Å². The summed E-state index contributed by atoms with van der Waals surface area (Å²) in [6.07, 6.45) is 1.04. The van der Waals surface area contributed by atoms with Crippen LogP contribution in [0.15, 0.2) is 65.7 Å². The van der Waals surface area contributed by atoms with Crippen LogP contribution in [-0.2, 0) is 11.8 Å². The molecule has 1 aliphatic rings. The third-order valence-electron chi connectivity index (χ3n) is 8.95. The second kappa shape index (κ2) is 14.4. The van der Waals surface area contributed by atoms with Crippen LogP contribution in [0.1, 0.15) is 147 Å². The second-order valence-corrected chi connectivity index (χ2v) is 15.6. The smallest absolute Gasteiger partial charge is 0.109 e. The van der Waals surface area contributed by atoms with Gasteiger partial charge in [-0.3, -0.25) is 4.99 Å². The van der Waals surface area contributed by atoms with E-state index < -0.39 is 0 Å². The number of nitrogens with zero attached hydrogens (tertiary/aromatic N) is 2. The maximum Gasteiger partial charge on any atom is 0.109 e. The van der Waals surface area contributed by atoms with E-state index in [1.54, 1.807) is 0 Å². The average Bonchev–Trinajstić information content (AvgIpc) is 3.72. The second-order valence-electron chi connectivity index (χ2n) is 15.6. The molecule has 4 heteroatoms. The highest BCUT2D eigenvalue weighted by Crippen LogP contribution is 2.34. The molecule has 0 radical (unpaired) electrons. The number of hydrogen-bond acceptors (Lipinski definition) is 2. The molecule has 0 aliphatic carbocycles. The van der Waals surface area contributed by atoms with Crippen molar-refractivity contribution in [1.29, 1.82) is 0 Å². The van der Waals surface area contributed by atoms with Gasteiger partial charge >= 0.3 is 0 Å². The van der Waals surface area contributed by atoms with E-state index in [-0.39, 0.29) is 5.41 Å². The first-order chi connectivity index (χ1) is 21.5. The molecule has 46 heavy (non-hydrogen) atoms. The molecule has 1 aliphatic heterocycles. The van der Waals surface area contributed by atoms with Crippen molar-refractivity contribution in [1.82, 2.24) is 15.0 Å². The Bertz CT molecular complexity index is 1680. The minimum absolute atomic E-state index is 0.213. The molecule has 0 saturated carbocycles. The Kier molecular flexibility index (Phi) is 11.0. The van der Waals surface area contributed by atoms with Crippen molar-refractivity contribution in [2.24, 2.45) is 10.9 Å². The molecule has 5 aromatic rings. The fourth-order valence-corrected chi connectivity index (χ4v) is 5.52. The summed E-state index contributed by atoms with van der Waals surface area (Å²) < 4.78 is 0. The Morgan fingerprint density at radius 1 is 0.609 bits per heavy atom. The van der Waals surface area contributed by atoms with E-state index >= 15 is 0 Å². The molecule has 4 nitrogen and oxygen atoms in total. The van der Waals surface area contributed by atoms with Crippen LogP contribution in [0.4, 0.5) is 5.69 Å². The van der Waals surface area contributed by atoms with Gasteiger partial charge in [0.15, 0.2) is 0 Å². The van der Waals surface area contributed by atoms with E-state index in [2.05, 4.69) is 166 Å². The lowest BCUT2D eigenvalue weighted by Crippen LogP contribution is -2.10.